The lowest BCUT2D eigenvalue weighted by Crippen LogP contribution is -2.08. The summed E-state index contributed by atoms with van der Waals surface area (Å²) in [6.07, 6.45) is 0. The molecule has 0 bridgehead atoms. The number of ether oxygens (including phenoxy) is 1. The molecule has 0 aromatic heterocycles. The molecule has 0 saturated heterocycles. The van der Waals surface area contributed by atoms with Crippen LogP contribution in [-0.4, -0.2) is 6.61 Å². The smallest absolute Gasteiger partial charge is 0.140 e. The summed E-state index contributed by atoms with van der Waals surface area (Å²) in [7, 11) is 0. The van der Waals surface area contributed by atoms with Crippen LogP contribution in [-0.2, 0) is 0 Å². The number of nitrogens with one attached hydrogen (secondary N) is 1. The molecule has 102 valence electrons. The number of anilines is 1. The summed E-state index contributed by atoms with van der Waals surface area (Å²) in [5.41, 5.74) is 3.01. The van der Waals surface area contributed by atoms with Crippen molar-refractivity contribution in [3.05, 3.63) is 59.7 Å². The van der Waals surface area contributed by atoms with E-state index in [0.29, 0.717) is 6.61 Å². The van der Waals surface area contributed by atoms with Gasteiger partial charge in [-0.25, -0.2) is 0 Å². The van der Waals surface area contributed by atoms with E-state index in [1.165, 1.54) is 0 Å². The highest BCUT2D eigenvalue weighted by molar-refractivity contribution is 5.49. The largest absolute Gasteiger partial charge is 0.494 e. The third-order valence-electron chi connectivity index (χ3n) is 2.96. The van der Waals surface area contributed by atoms with Gasteiger partial charge in [-0.2, -0.15) is 5.26 Å². The monoisotopic (exact) mass is 266 g/mol. The Morgan fingerprint density at radius 1 is 1.20 bits per heavy atom. The van der Waals surface area contributed by atoms with Crippen molar-refractivity contribution in [3.63, 3.8) is 0 Å². The molecular weight excluding hydrogens is 248 g/mol. The topological polar surface area (TPSA) is 45.0 Å². The second kappa shape index (κ2) is 6.63. The van der Waals surface area contributed by atoms with Crippen molar-refractivity contribution < 1.29 is 4.74 Å². The first-order valence-corrected chi connectivity index (χ1v) is 6.68. The maximum atomic E-state index is 9.38. The molecule has 3 nitrogen and oxygen atoms in total. The van der Waals surface area contributed by atoms with Crippen LogP contribution in [0.4, 0.5) is 5.69 Å². The van der Waals surface area contributed by atoms with E-state index >= 15 is 0 Å². The molecule has 0 aliphatic carbocycles. The van der Waals surface area contributed by atoms with E-state index in [1.54, 1.807) is 0 Å². The molecule has 20 heavy (non-hydrogen) atoms. The van der Waals surface area contributed by atoms with E-state index in [-0.39, 0.29) is 0 Å². The van der Waals surface area contributed by atoms with Crippen molar-refractivity contribution in [1.29, 1.82) is 5.26 Å². The molecule has 0 heterocycles. The molecule has 0 aliphatic heterocycles. The SMILES string of the molecule is CCOc1cccc(C(C#N)Nc2cccc(C)c2)c1. The van der Waals surface area contributed by atoms with Gasteiger partial charge in [-0.05, 0) is 49.2 Å². The number of rotatable bonds is 5. The Balaban J connectivity index is 2.20. The minimum absolute atomic E-state index is 0.391. The predicted molar refractivity (Wildman–Crippen MR) is 80.8 cm³/mol. The fourth-order valence-electron chi connectivity index (χ4n) is 2.04. The van der Waals surface area contributed by atoms with Gasteiger partial charge in [0.05, 0.1) is 12.7 Å². The van der Waals surface area contributed by atoms with Gasteiger partial charge < -0.3 is 10.1 Å². The van der Waals surface area contributed by atoms with Crippen molar-refractivity contribution in [3.8, 4) is 11.8 Å². The summed E-state index contributed by atoms with van der Waals surface area (Å²) in [5, 5.41) is 12.6. The first-order valence-electron chi connectivity index (χ1n) is 6.68. The molecule has 0 fully saturated rings. The highest BCUT2D eigenvalue weighted by Gasteiger charge is 2.11. The summed E-state index contributed by atoms with van der Waals surface area (Å²) in [5.74, 6) is 0.788. The van der Waals surface area contributed by atoms with E-state index in [4.69, 9.17) is 4.74 Å². The van der Waals surface area contributed by atoms with Gasteiger partial charge in [0.2, 0.25) is 0 Å². The molecule has 2 rings (SSSR count). The fraction of sp³-hybridized carbons (Fsp3) is 0.235. The quantitative estimate of drug-likeness (QED) is 0.887. The summed E-state index contributed by atoms with van der Waals surface area (Å²) in [6, 6.07) is 17.5. The number of nitrogens with zero attached hydrogens (tertiary/aromatic N) is 1. The average Bonchev–Trinajstić information content (AvgIpc) is 2.45. The van der Waals surface area contributed by atoms with Crippen LogP contribution in [0.5, 0.6) is 5.75 Å². The number of hydrogen-bond donors (Lipinski definition) is 1. The maximum absolute atomic E-state index is 9.38. The molecule has 2 aromatic rings. The van der Waals surface area contributed by atoms with E-state index < -0.39 is 6.04 Å². The zero-order chi connectivity index (χ0) is 14.4. The van der Waals surface area contributed by atoms with Crippen molar-refractivity contribution in [1.82, 2.24) is 0 Å². The lowest BCUT2D eigenvalue weighted by atomic mass is 10.1. The second-order valence-electron chi connectivity index (χ2n) is 4.58. The summed E-state index contributed by atoms with van der Waals surface area (Å²) >= 11 is 0. The first-order chi connectivity index (χ1) is 9.72. The van der Waals surface area contributed by atoms with Crippen LogP contribution in [0.2, 0.25) is 0 Å². The molecule has 1 N–H and O–H groups in total. The van der Waals surface area contributed by atoms with Gasteiger partial charge in [-0.1, -0.05) is 24.3 Å². The van der Waals surface area contributed by atoms with E-state index in [2.05, 4.69) is 11.4 Å². The normalized spacial score (nSPS) is 11.4. The Morgan fingerprint density at radius 3 is 2.70 bits per heavy atom. The van der Waals surface area contributed by atoms with Gasteiger partial charge in [-0.15, -0.1) is 0 Å². The Labute approximate surface area is 119 Å². The van der Waals surface area contributed by atoms with Gasteiger partial charge in [0.1, 0.15) is 11.8 Å². The Bertz CT molecular complexity index is 616. The fourth-order valence-corrected chi connectivity index (χ4v) is 2.04. The number of hydrogen-bond acceptors (Lipinski definition) is 3. The van der Waals surface area contributed by atoms with E-state index in [0.717, 1.165) is 22.6 Å². The molecule has 1 atom stereocenters. The van der Waals surface area contributed by atoms with Gasteiger partial charge in [0.25, 0.3) is 0 Å². The highest BCUT2D eigenvalue weighted by Crippen LogP contribution is 2.23. The van der Waals surface area contributed by atoms with Crippen LogP contribution in [0, 0.1) is 18.3 Å². The lowest BCUT2D eigenvalue weighted by Gasteiger charge is -2.15. The minimum Gasteiger partial charge on any atom is -0.494 e. The van der Waals surface area contributed by atoms with Gasteiger partial charge in [0.15, 0.2) is 0 Å². The van der Waals surface area contributed by atoms with Crippen LogP contribution in [0.3, 0.4) is 0 Å². The van der Waals surface area contributed by atoms with Gasteiger partial charge in [0, 0.05) is 5.69 Å². The predicted octanol–water partition coefficient (Wildman–Crippen LogP) is 4.07. The first kappa shape index (κ1) is 14.0. The van der Waals surface area contributed by atoms with Crippen molar-refractivity contribution in [2.75, 3.05) is 11.9 Å². The Kier molecular flexibility index (Phi) is 4.62. The van der Waals surface area contributed by atoms with Crippen LogP contribution < -0.4 is 10.1 Å². The Hall–Kier alpha value is -2.47. The van der Waals surface area contributed by atoms with Crippen LogP contribution in [0.15, 0.2) is 48.5 Å². The molecular formula is C17H18N2O. The summed E-state index contributed by atoms with van der Waals surface area (Å²) < 4.78 is 5.47. The van der Waals surface area contributed by atoms with Gasteiger partial charge >= 0.3 is 0 Å². The third kappa shape index (κ3) is 3.52. The maximum Gasteiger partial charge on any atom is 0.140 e. The average molecular weight is 266 g/mol. The second-order valence-corrected chi connectivity index (χ2v) is 4.58. The molecule has 0 spiro atoms. The molecule has 2 aromatic carbocycles. The van der Waals surface area contributed by atoms with Crippen LogP contribution >= 0.6 is 0 Å². The van der Waals surface area contributed by atoms with Crippen molar-refractivity contribution in [2.24, 2.45) is 0 Å². The Morgan fingerprint density at radius 2 is 2.00 bits per heavy atom. The molecule has 0 amide bonds. The molecule has 3 heteroatoms. The van der Waals surface area contributed by atoms with Crippen LogP contribution in [0.1, 0.15) is 24.1 Å². The zero-order valence-electron chi connectivity index (χ0n) is 11.8. The number of aryl methyl sites for hydroxylation is 1. The summed E-state index contributed by atoms with van der Waals surface area (Å²) in [4.78, 5) is 0. The number of benzene rings is 2. The minimum atomic E-state index is -0.391. The zero-order valence-corrected chi connectivity index (χ0v) is 11.8. The standard InChI is InChI=1S/C17H18N2O/c1-3-20-16-9-5-7-14(11-16)17(12-18)19-15-8-4-6-13(2)10-15/h4-11,17,19H,3H2,1-2H3. The molecule has 0 aliphatic rings. The van der Waals surface area contributed by atoms with E-state index in [9.17, 15) is 5.26 Å². The molecule has 1 unspecified atom stereocenters. The van der Waals surface area contributed by atoms with Gasteiger partial charge in [-0.3, -0.25) is 0 Å². The molecule has 0 saturated carbocycles. The third-order valence-corrected chi connectivity index (χ3v) is 2.96. The number of nitriles is 1. The lowest BCUT2D eigenvalue weighted by molar-refractivity contribution is 0.340. The van der Waals surface area contributed by atoms with E-state index in [1.807, 2.05) is 62.4 Å². The van der Waals surface area contributed by atoms with Crippen molar-refractivity contribution in [2.45, 2.75) is 19.9 Å². The van der Waals surface area contributed by atoms with Crippen molar-refractivity contribution >= 4 is 5.69 Å². The van der Waals surface area contributed by atoms with Crippen LogP contribution in [0.25, 0.3) is 0 Å². The summed E-state index contributed by atoms with van der Waals surface area (Å²) in [6.45, 7) is 4.59. The highest BCUT2D eigenvalue weighted by atomic mass is 16.5. The molecule has 0 radical (unpaired) electrons.